The molecular formula is C13H25N. The lowest BCUT2D eigenvalue weighted by Crippen LogP contribution is -2.29. The van der Waals surface area contributed by atoms with Crippen LogP contribution in [0.4, 0.5) is 0 Å². The van der Waals surface area contributed by atoms with Gasteiger partial charge in [0.05, 0.1) is 0 Å². The predicted molar refractivity (Wildman–Crippen MR) is 61.1 cm³/mol. The zero-order chi connectivity index (χ0) is 9.80. The van der Waals surface area contributed by atoms with E-state index >= 15 is 0 Å². The Bertz CT molecular complexity index is 151. The molecule has 2 N–H and O–H groups in total. The minimum atomic E-state index is 0.525. The van der Waals surface area contributed by atoms with Crippen LogP contribution < -0.4 is 5.73 Å². The second kappa shape index (κ2) is 5.16. The summed E-state index contributed by atoms with van der Waals surface area (Å²) in [4.78, 5) is 0. The molecule has 2 aliphatic rings. The van der Waals surface area contributed by atoms with Crippen molar-refractivity contribution in [2.75, 3.05) is 0 Å². The van der Waals surface area contributed by atoms with Gasteiger partial charge < -0.3 is 5.73 Å². The van der Waals surface area contributed by atoms with Gasteiger partial charge in [0.25, 0.3) is 0 Å². The summed E-state index contributed by atoms with van der Waals surface area (Å²) >= 11 is 0. The third-order valence-electron chi connectivity index (χ3n) is 4.38. The highest BCUT2D eigenvalue weighted by Crippen LogP contribution is 2.36. The normalized spacial score (nSPS) is 36.6. The highest BCUT2D eigenvalue weighted by Gasteiger charge is 2.26. The van der Waals surface area contributed by atoms with E-state index in [4.69, 9.17) is 5.73 Å². The van der Waals surface area contributed by atoms with Gasteiger partial charge in [-0.3, -0.25) is 0 Å². The van der Waals surface area contributed by atoms with Gasteiger partial charge in [-0.2, -0.15) is 0 Å². The van der Waals surface area contributed by atoms with E-state index in [-0.39, 0.29) is 0 Å². The Morgan fingerprint density at radius 3 is 1.64 bits per heavy atom. The molecule has 0 atom stereocenters. The summed E-state index contributed by atoms with van der Waals surface area (Å²) in [7, 11) is 0. The molecule has 0 spiro atoms. The molecule has 0 aromatic carbocycles. The molecule has 0 amide bonds. The van der Waals surface area contributed by atoms with Crippen molar-refractivity contribution < 1.29 is 0 Å². The average molecular weight is 195 g/mol. The molecule has 0 heterocycles. The Morgan fingerprint density at radius 1 is 0.571 bits per heavy atom. The minimum Gasteiger partial charge on any atom is -0.328 e. The van der Waals surface area contributed by atoms with E-state index in [1.165, 1.54) is 64.2 Å². The van der Waals surface area contributed by atoms with E-state index in [2.05, 4.69) is 0 Å². The SMILES string of the molecule is NC1CCC(C2CCCCCC2)CC1. The van der Waals surface area contributed by atoms with Crippen LogP contribution in [0.5, 0.6) is 0 Å². The standard InChI is InChI=1S/C13H25N/c14-13-9-7-12(8-10-13)11-5-3-1-2-4-6-11/h11-13H,1-10,14H2. The zero-order valence-corrected chi connectivity index (χ0v) is 9.38. The molecule has 2 saturated carbocycles. The molecule has 0 aromatic rings. The molecule has 14 heavy (non-hydrogen) atoms. The van der Waals surface area contributed by atoms with Crippen LogP contribution in [0, 0.1) is 11.8 Å². The van der Waals surface area contributed by atoms with Crippen LogP contribution in [0.15, 0.2) is 0 Å². The van der Waals surface area contributed by atoms with Crippen molar-refractivity contribution in [1.29, 1.82) is 0 Å². The average Bonchev–Trinajstić information content (AvgIpc) is 2.47. The fraction of sp³-hybridized carbons (Fsp3) is 1.00. The van der Waals surface area contributed by atoms with Crippen LogP contribution in [0.2, 0.25) is 0 Å². The molecule has 1 nitrogen and oxygen atoms in total. The second-order valence-electron chi connectivity index (χ2n) is 5.43. The van der Waals surface area contributed by atoms with Crippen LogP contribution in [-0.4, -0.2) is 6.04 Å². The monoisotopic (exact) mass is 195 g/mol. The molecule has 0 saturated heterocycles. The van der Waals surface area contributed by atoms with Gasteiger partial charge in [0, 0.05) is 6.04 Å². The Labute approximate surface area is 88.4 Å². The first-order valence-electron chi connectivity index (χ1n) is 6.62. The van der Waals surface area contributed by atoms with Crippen LogP contribution >= 0.6 is 0 Å². The summed E-state index contributed by atoms with van der Waals surface area (Å²) in [6, 6.07) is 0.525. The topological polar surface area (TPSA) is 26.0 Å². The molecule has 2 rings (SSSR count). The maximum atomic E-state index is 5.96. The van der Waals surface area contributed by atoms with Gasteiger partial charge in [0.1, 0.15) is 0 Å². The van der Waals surface area contributed by atoms with Crippen molar-refractivity contribution in [1.82, 2.24) is 0 Å². The van der Waals surface area contributed by atoms with Crippen LogP contribution in [0.25, 0.3) is 0 Å². The molecule has 2 fully saturated rings. The smallest absolute Gasteiger partial charge is 0.00390 e. The van der Waals surface area contributed by atoms with Crippen LogP contribution in [-0.2, 0) is 0 Å². The van der Waals surface area contributed by atoms with Crippen molar-refractivity contribution >= 4 is 0 Å². The molecule has 1 heteroatoms. The molecule has 0 aromatic heterocycles. The van der Waals surface area contributed by atoms with E-state index in [0.29, 0.717) is 6.04 Å². The minimum absolute atomic E-state index is 0.525. The number of rotatable bonds is 1. The first-order chi connectivity index (χ1) is 6.86. The fourth-order valence-electron chi connectivity index (χ4n) is 3.40. The van der Waals surface area contributed by atoms with E-state index in [0.717, 1.165) is 11.8 Å². The third-order valence-corrected chi connectivity index (χ3v) is 4.38. The van der Waals surface area contributed by atoms with Crippen LogP contribution in [0.1, 0.15) is 64.2 Å². The van der Waals surface area contributed by atoms with Crippen molar-refractivity contribution in [2.24, 2.45) is 17.6 Å². The largest absolute Gasteiger partial charge is 0.328 e. The quantitative estimate of drug-likeness (QED) is 0.637. The number of nitrogens with two attached hydrogens (primary N) is 1. The van der Waals surface area contributed by atoms with Crippen molar-refractivity contribution in [3.05, 3.63) is 0 Å². The van der Waals surface area contributed by atoms with Gasteiger partial charge >= 0.3 is 0 Å². The molecule has 2 aliphatic carbocycles. The van der Waals surface area contributed by atoms with E-state index < -0.39 is 0 Å². The van der Waals surface area contributed by atoms with E-state index in [1.54, 1.807) is 0 Å². The highest BCUT2D eigenvalue weighted by atomic mass is 14.6. The Kier molecular flexibility index (Phi) is 3.86. The summed E-state index contributed by atoms with van der Waals surface area (Å²) < 4.78 is 0. The molecule has 0 unspecified atom stereocenters. The third kappa shape index (κ3) is 2.73. The van der Waals surface area contributed by atoms with Gasteiger partial charge in [0.2, 0.25) is 0 Å². The maximum Gasteiger partial charge on any atom is 0.00390 e. The second-order valence-corrected chi connectivity index (χ2v) is 5.43. The molecule has 82 valence electrons. The highest BCUT2D eigenvalue weighted by molar-refractivity contribution is 4.80. The van der Waals surface area contributed by atoms with E-state index in [9.17, 15) is 0 Å². The lowest BCUT2D eigenvalue weighted by molar-refractivity contribution is 0.214. The lowest BCUT2D eigenvalue weighted by atomic mass is 9.75. The first kappa shape index (κ1) is 10.5. The first-order valence-corrected chi connectivity index (χ1v) is 6.62. The zero-order valence-electron chi connectivity index (χ0n) is 9.38. The van der Waals surface area contributed by atoms with Gasteiger partial charge in [-0.1, -0.05) is 38.5 Å². The molecule has 0 radical (unpaired) electrons. The fourth-order valence-corrected chi connectivity index (χ4v) is 3.40. The van der Waals surface area contributed by atoms with Gasteiger partial charge in [-0.15, -0.1) is 0 Å². The number of hydrogen-bond donors (Lipinski definition) is 1. The summed E-state index contributed by atoms with van der Waals surface area (Å²) in [5.41, 5.74) is 5.96. The van der Waals surface area contributed by atoms with Crippen molar-refractivity contribution in [3.63, 3.8) is 0 Å². The summed E-state index contributed by atoms with van der Waals surface area (Å²) in [5, 5.41) is 0. The molecule has 0 aliphatic heterocycles. The van der Waals surface area contributed by atoms with Gasteiger partial charge in [-0.05, 0) is 37.5 Å². The van der Waals surface area contributed by atoms with Gasteiger partial charge in [-0.25, -0.2) is 0 Å². The molecular weight excluding hydrogens is 170 g/mol. The summed E-state index contributed by atoms with van der Waals surface area (Å²) in [5.74, 6) is 2.10. The Balaban J connectivity index is 1.81. The Morgan fingerprint density at radius 2 is 1.07 bits per heavy atom. The van der Waals surface area contributed by atoms with Gasteiger partial charge in [0.15, 0.2) is 0 Å². The summed E-state index contributed by atoms with van der Waals surface area (Å²) in [6.07, 6.45) is 14.4. The lowest BCUT2D eigenvalue weighted by Gasteiger charge is -2.32. The maximum absolute atomic E-state index is 5.96. The Hall–Kier alpha value is -0.0400. The van der Waals surface area contributed by atoms with Crippen LogP contribution in [0.3, 0.4) is 0 Å². The molecule has 0 bridgehead atoms. The van der Waals surface area contributed by atoms with Crippen molar-refractivity contribution in [2.45, 2.75) is 70.3 Å². The van der Waals surface area contributed by atoms with Crippen molar-refractivity contribution in [3.8, 4) is 0 Å². The summed E-state index contributed by atoms with van der Waals surface area (Å²) in [6.45, 7) is 0. The predicted octanol–water partition coefficient (Wildman–Crippen LogP) is 3.47. The van der Waals surface area contributed by atoms with E-state index in [1.807, 2.05) is 0 Å². The number of hydrogen-bond acceptors (Lipinski definition) is 1.